The first kappa shape index (κ1) is 13.9. The van der Waals surface area contributed by atoms with Crippen LogP contribution in [0.4, 0.5) is 0 Å². The van der Waals surface area contributed by atoms with Crippen molar-refractivity contribution in [2.24, 2.45) is 11.8 Å². The largest absolute Gasteiger partial charge is 0.344 e. The first-order chi connectivity index (χ1) is 9.74. The maximum Gasteiger partial charge on any atom is 0.245 e. The molecule has 0 aromatic rings. The molecule has 3 rings (SSSR count). The Kier molecular flexibility index (Phi) is 4.27. The van der Waals surface area contributed by atoms with Crippen LogP contribution in [0.25, 0.3) is 0 Å². The van der Waals surface area contributed by atoms with Crippen molar-refractivity contribution >= 4 is 11.8 Å². The Morgan fingerprint density at radius 2 is 1.85 bits per heavy atom. The Morgan fingerprint density at radius 3 is 2.55 bits per heavy atom. The summed E-state index contributed by atoms with van der Waals surface area (Å²) >= 11 is 0. The van der Waals surface area contributed by atoms with Crippen molar-refractivity contribution < 1.29 is 9.59 Å². The number of hydrogen-bond acceptors (Lipinski definition) is 2. The van der Waals surface area contributed by atoms with Gasteiger partial charge in [-0.1, -0.05) is 25.7 Å². The number of hydrogen-bond donors (Lipinski definition) is 1. The predicted octanol–water partition coefficient (Wildman–Crippen LogP) is 2.08. The molecule has 1 aliphatic heterocycles. The highest BCUT2D eigenvalue weighted by Gasteiger charge is 2.40. The van der Waals surface area contributed by atoms with Crippen molar-refractivity contribution in [3.8, 4) is 0 Å². The Balaban J connectivity index is 1.50. The van der Waals surface area contributed by atoms with Crippen LogP contribution in [0.1, 0.15) is 57.8 Å². The molecule has 1 unspecified atom stereocenters. The molecule has 4 heteroatoms. The average Bonchev–Trinajstić information content (AvgIpc) is 3.17. The number of nitrogens with zero attached hydrogens (tertiary/aromatic N) is 1. The van der Waals surface area contributed by atoms with E-state index in [4.69, 9.17) is 0 Å². The zero-order chi connectivity index (χ0) is 13.9. The summed E-state index contributed by atoms with van der Waals surface area (Å²) in [5, 5.41) is 2.92. The van der Waals surface area contributed by atoms with Crippen LogP contribution in [0.2, 0.25) is 0 Å². The fourth-order valence-electron chi connectivity index (χ4n) is 3.69. The van der Waals surface area contributed by atoms with Crippen molar-refractivity contribution in [2.75, 3.05) is 13.1 Å². The molecule has 112 valence electrons. The van der Waals surface area contributed by atoms with E-state index in [1.807, 2.05) is 4.90 Å². The van der Waals surface area contributed by atoms with E-state index in [-0.39, 0.29) is 17.9 Å². The molecule has 20 heavy (non-hydrogen) atoms. The topological polar surface area (TPSA) is 49.4 Å². The molecule has 1 saturated heterocycles. The second-order valence-electron chi connectivity index (χ2n) is 6.75. The van der Waals surface area contributed by atoms with E-state index in [1.165, 1.54) is 32.1 Å². The monoisotopic (exact) mass is 278 g/mol. The van der Waals surface area contributed by atoms with Crippen LogP contribution in [0.5, 0.6) is 0 Å². The molecule has 2 saturated carbocycles. The van der Waals surface area contributed by atoms with Gasteiger partial charge in [-0.3, -0.25) is 9.59 Å². The van der Waals surface area contributed by atoms with E-state index in [0.29, 0.717) is 18.9 Å². The van der Waals surface area contributed by atoms with E-state index in [2.05, 4.69) is 5.32 Å². The summed E-state index contributed by atoms with van der Waals surface area (Å²) < 4.78 is 0. The van der Waals surface area contributed by atoms with Gasteiger partial charge in [0.25, 0.3) is 0 Å². The lowest BCUT2D eigenvalue weighted by atomic mass is 10.0. The van der Waals surface area contributed by atoms with Crippen molar-refractivity contribution in [3.63, 3.8) is 0 Å². The van der Waals surface area contributed by atoms with Crippen molar-refractivity contribution in [2.45, 2.75) is 63.8 Å². The molecule has 3 fully saturated rings. The van der Waals surface area contributed by atoms with Crippen LogP contribution >= 0.6 is 0 Å². The van der Waals surface area contributed by atoms with Gasteiger partial charge in [0.2, 0.25) is 11.8 Å². The van der Waals surface area contributed by atoms with Crippen LogP contribution in [-0.4, -0.2) is 35.8 Å². The molecule has 4 nitrogen and oxygen atoms in total. The van der Waals surface area contributed by atoms with E-state index in [9.17, 15) is 9.59 Å². The van der Waals surface area contributed by atoms with Gasteiger partial charge in [0.05, 0.1) is 0 Å². The van der Waals surface area contributed by atoms with E-state index >= 15 is 0 Å². The van der Waals surface area contributed by atoms with E-state index in [1.54, 1.807) is 0 Å². The van der Waals surface area contributed by atoms with Crippen LogP contribution in [0.15, 0.2) is 0 Å². The number of carbonyl (C=O) groups excluding carboxylic acids is 2. The van der Waals surface area contributed by atoms with Crippen molar-refractivity contribution in [1.29, 1.82) is 0 Å². The Bertz CT molecular complexity index is 373. The van der Waals surface area contributed by atoms with Crippen molar-refractivity contribution in [3.05, 3.63) is 0 Å². The fraction of sp³-hybridized carbons (Fsp3) is 0.875. The fourth-order valence-corrected chi connectivity index (χ4v) is 3.69. The molecule has 1 atom stereocenters. The van der Waals surface area contributed by atoms with Crippen LogP contribution in [0, 0.1) is 11.8 Å². The Morgan fingerprint density at radius 1 is 1.10 bits per heavy atom. The smallest absolute Gasteiger partial charge is 0.245 e. The second-order valence-corrected chi connectivity index (χ2v) is 6.75. The second kappa shape index (κ2) is 6.15. The summed E-state index contributed by atoms with van der Waals surface area (Å²) in [5.41, 5.74) is 0. The van der Waals surface area contributed by atoms with E-state index < -0.39 is 0 Å². The Labute approximate surface area is 121 Å². The third-order valence-corrected chi connectivity index (χ3v) is 5.11. The third-order valence-electron chi connectivity index (χ3n) is 5.11. The lowest BCUT2D eigenvalue weighted by Gasteiger charge is -2.24. The zero-order valence-electron chi connectivity index (χ0n) is 12.3. The molecule has 1 N–H and O–H groups in total. The lowest BCUT2D eigenvalue weighted by Crippen LogP contribution is -2.46. The van der Waals surface area contributed by atoms with Gasteiger partial charge in [-0.05, 0) is 37.5 Å². The number of rotatable bonds is 5. The summed E-state index contributed by atoms with van der Waals surface area (Å²) in [7, 11) is 0. The standard InChI is InChI=1S/C16H26N2O2/c19-14-9-11-18(10-3-6-12-4-1-2-5-12)16(20)15(17-14)13-7-8-13/h12-13,15H,1-11H2,(H,17,19). The zero-order valence-corrected chi connectivity index (χ0v) is 12.3. The third kappa shape index (κ3) is 3.33. The van der Waals surface area contributed by atoms with Crippen LogP contribution in [-0.2, 0) is 9.59 Å². The minimum atomic E-state index is -0.225. The summed E-state index contributed by atoms with van der Waals surface area (Å²) in [6.45, 7) is 1.45. The molecule has 0 aromatic carbocycles. The van der Waals surface area contributed by atoms with Gasteiger partial charge in [-0.15, -0.1) is 0 Å². The minimum absolute atomic E-state index is 0.0496. The maximum atomic E-state index is 12.5. The lowest BCUT2D eigenvalue weighted by molar-refractivity contribution is -0.134. The van der Waals surface area contributed by atoms with Gasteiger partial charge >= 0.3 is 0 Å². The summed E-state index contributed by atoms with van der Waals surface area (Å²) in [5.74, 6) is 1.51. The SMILES string of the molecule is O=C1CCN(CCCC2CCCC2)C(=O)C(C2CC2)N1. The van der Waals surface area contributed by atoms with Gasteiger partial charge < -0.3 is 10.2 Å². The van der Waals surface area contributed by atoms with Gasteiger partial charge in [0, 0.05) is 19.5 Å². The van der Waals surface area contributed by atoms with Crippen LogP contribution < -0.4 is 5.32 Å². The quantitative estimate of drug-likeness (QED) is 0.837. The highest BCUT2D eigenvalue weighted by Crippen LogP contribution is 2.34. The number of nitrogens with one attached hydrogen (secondary N) is 1. The molecule has 0 aromatic heterocycles. The number of carbonyl (C=O) groups is 2. The molecule has 1 heterocycles. The Hall–Kier alpha value is -1.06. The van der Waals surface area contributed by atoms with Gasteiger partial charge in [-0.25, -0.2) is 0 Å². The molecular formula is C16H26N2O2. The van der Waals surface area contributed by atoms with Crippen molar-refractivity contribution in [1.82, 2.24) is 10.2 Å². The molecule has 0 bridgehead atoms. The van der Waals surface area contributed by atoms with Gasteiger partial charge in [0.1, 0.15) is 6.04 Å². The summed E-state index contributed by atoms with van der Waals surface area (Å²) in [6.07, 6.45) is 10.5. The molecular weight excluding hydrogens is 252 g/mol. The molecule has 3 aliphatic rings. The van der Waals surface area contributed by atoms with E-state index in [0.717, 1.165) is 31.7 Å². The van der Waals surface area contributed by atoms with Gasteiger partial charge in [-0.2, -0.15) is 0 Å². The van der Waals surface area contributed by atoms with Crippen LogP contribution in [0.3, 0.4) is 0 Å². The average molecular weight is 278 g/mol. The number of amides is 2. The molecule has 2 amide bonds. The first-order valence-corrected chi connectivity index (χ1v) is 8.32. The summed E-state index contributed by atoms with van der Waals surface area (Å²) in [4.78, 5) is 26.2. The highest BCUT2D eigenvalue weighted by atomic mass is 16.2. The highest BCUT2D eigenvalue weighted by molar-refractivity contribution is 5.90. The minimum Gasteiger partial charge on any atom is -0.344 e. The molecule has 0 radical (unpaired) electrons. The molecule has 0 spiro atoms. The maximum absolute atomic E-state index is 12.5. The first-order valence-electron chi connectivity index (χ1n) is 8.32. The van der Waals surface area contributed by atoms with Gasteiger partial charge in [0.15, 0.2) is 0 Å². The normalized spacial score (nSPS) is 28.6. The summed E-state index contributed by atoms with van der Waals surface area (Å²) in [6, 6.07) is -0.225. The molecule has 2 aliphatic carbocycles. The predicted molar refractivity (Wildman–Crippen MR) is 77.0 cm³/mol.